The summed E-state index contributed by atoms with van der Waals surface area (Å²) in [6, 6.07) is 0.334. The maximum Gasteiger partial charge on any atom is 0.394 e. The highest BCUT2D eigenvalue weighted by atomic mass is 19.4. The summed E-state index contributed by atoms with van der Waals surface area (Å²) in [4.78, 5) is 14.5. The van der Waals surface area contributed by atoms with Crippen LogP contribution in [0.15, 0.2) is 0 Å². The van der Waals surface area contributed by atoms with E-state index >= 15 is 0 Å². The van der Waals surface area contributed by atoms with E-state index in [2.05, 4.69) is 0 Å². The normalized spacial score (nSPS) is 43.8. The maximum atomic E-state index is 12.9. The average molecular weight is 287 g/mol. The molecule has 2 nitrogen and oxygen atoms in total. The number of hydrogen-bond acceptors (Lipinski definition) is 1. The number of carbonyl (C=O) groups is 1. The van der Waals surface area contributed by atoms with Gasteiger partial charge in [0.05, 0.1) is 10.8 Å². The number of hydrogen-bond donors (Lipinski definition) is 0. The molecule has 1 unspecified atom stereocenters. The highest BCUT2D eigenvalue weighted by molar-refractivity contribution is 5.87. The predicted octanol–water partition coefficient (Wildman–Crippen LogP) is 3.51. The zero-order valence-corrected chi connectivity index (χ0v) is 11.5. The first-order chi connectivity index (χ1) is 9.37. The van der Waals surface area contributed by atoms with Gasteiger partial charge >= 0.3 is 6.18 Å². The Labute approximate surface area is 116 Å². The summed E-state index contributed by atoms with van der Waals surface area (Å²) in [7, 11) is 0. The summed E-state index contributed by atoms with van der Waals surface area (Å²) in [5, 5.41) is 0. The van der Waals surface area contributed by atoms with Gasteiger partial charge in [-0.15, -0.1) is 0 Å². The molecule has 5 heteroatoms. The molecule has 112 valence electrons. The molecule has 0 N–H and O–H groups in total. The van der Waals surface area contributed by atoms with Crippen LogP contribution in [0.2, 0.25) is 0 Å². The second-order valence-corrected chi connectivity index (χ2v) is 7.49. The molecule has 0 aromatic heterocycles. The van der Waals surface area contributed by atoms with Crippen molar-refractivity contribution in [3.05, 3.63) is 0 Å². The first kappa shape index (κ1) is 13.0. The van der Waals surface area contributed by atoms with Crippen molar-refractivity contribution >= 4 is 5.91 Å². The molecule has 5 aliphatic rings. The van der Waals surface area contributed by atoms with Gasteiger partial charge in [0.2, 0.25) is 5.91 Å². The molecule has 1 amide bonds. The lowest BCUT2D eigenvalue weighted by molar-refractivity contribution is -0.354. The van der Waals surface area contributed by atoms with Gasteiger partial charge in [-0.1, -0.05) is 12.8 Å². The summed E-state index contributed by atoms with van der Waals surface area (Å²) >= 11 is 0. The average Bonchev–Trinajstić information content (AvgIpc) is 2.61. The molecule has 0 aromatic rings. The molecule has 1 saturated heterocycles. The summed E-state index contributed by atoms with van der Waals surface area (Å²) < 4.78 is 38.6. The minimum Gasteiger partial charge on any atom is -0.339 e. The van der Waals surface area contributed by atoms with Crippen molar-refractivity contribution in [3.63, 3.8) is 0 Å². The molecule has 1 heterocycles. The summed E-state index contributed by atoms with van der Waals surface area (Å²) in [5.41, 5.74) is -2.14. The van der Waals surface area contributed by atoms with E-state index in [0.717, 1.165) is 13.0 Å². The van der Waals surface area contributed by atoms with E-state index in [-0.39, 0.29) is 25.2 Å². The highest BCUT2D eigenvalue weighted by Crippen LogP contribution is 2.79. The molecule has 4 aliphatic carbocycles. The first-order valence-corrected chi connectivity index (χ1v) is 7.75. The van der Waals surface area contributed by atoms with Crippen LogP contribution in [-0.4, -0.2) is 29.6 Å². The summed E-state index contributed by atoms with van der Waals surface area (Å²) in [6.07, 6.45) is 1.95. The Hall–Kier alpha value is -0.740. The lowest BCUT2D eigenvalue weighted by Crippen LogP contribution is -2.74. The van der Waals surface area contributed by atoms with Gasteiger partial charge in [0.1, 0.15) is 0 Å². The van der Waals surface area contributed by atoms with Crippen LogP contribution in [0.1, 0.15) is 51.4 Å². The van der Waals surface area contributed by atoms with Crippen LogP contribution in [0, 0.1) is 16.7 Å². The Kier molecular flexibility index (Phi) is 2.41. The number of halogens is 3. The zero-order valence-electron chi connectivity index (χ0n) is 11.5. The lowest BCUT2D eigenvalue weighted by atomic mass is 9.34. The Bertz CT molecular complexity index is 433. The molecule has 1 atom stereocenters. The number of amides is 1. The Morgan fingerprint density at radius 1 is 1.05 bits per heavy atom. The molecule has 20 heavy (non-hydrogen) atoms. The van der Waals surface area contributed by atoms with E-state index in [1.165, 1.54) is 25.7 Å². The van der Waals surface area contributed by atoms with E-state index in [9.17, 15) is 18.0 Å². The fourth-order valence-electron chi connectivity index (χ4n) is 5.11. The third kappa shape index (κ3) is 1.44. The molecule has 5 fully saturated rings. The molecular weight excluding hydrogens is 267 g/mol. The van der Waals surface area contributed by atoms with Crippen LogP contribution < -0.4 is 0 Å². The van der Waals surface area contributed by atoms with Crippen molar-refractivity contribution in [2.45, 2.75) is 63.6 Å². The first-order valence-electron chi connectivity index (χ1n) is 7.75. The van der Waals surface area contributed by atoms with E-state index in [0.29, 0.717) is 12.0 Å². The predicted molar refractivity (Wildman–Crippen MR) is 66.8 cm³/mol. The smallest absolute Gasteiger partial charge is 0.339 e. The fraction of sp³-hybridized carbons (Fsp3) is 0.933. The van der Waals surface area contributed by atoms with Crippen LogP contribution >= 0.6 is 0 Å². The topological polar surface area (TPSA) is 20.3 Å². The molecule has 1 aliphatic heterocycles. The van der Waals surface area contributed by atoms with Crippen LogP contribution in [0.4, 0.5) is 13.2 Å². The molecule has 4 saturated carbocycles. The fourth-order valence-corrected chi connectivity index (χ4v) is 5.11. The van der Waals surface area contributed by atoms with Gasteiger partial charge in [-0.05, 0) is 44.4 Å². The van der Waals surface area contributed by atoms with Crippen molar-refractivity contribution in [2.75, 3.05) is 6.54 Å². The molecule has 0 spiro atoms. The second-order valence-electron chi connectivity index (χ2n) is 7.49. The summed E-state index contributed by atoms with van der Waals surface area (Å²) in [6.45, 7) is 0.765. The van der Waals surface area contributed by atoms with E-state index in [1.54, 1.807) is 0 Å². The number of nitrogens with zero attached hydrogens (tertiary/aromatic N) is 1. The molecule has 5 rings (SSSR count). The van der Waals surface area contributed by atoms with Crippen molar-refractivity contribution in [2.24, 2.45) is 16.7 Å². The van der Waals surface area contributed by atoms with E-state index in [1.807, 2.05) is 4.90 Å². The monoisotopic (exact) mass is 287 g/mol. The van der Waals surface area contributed by atoms with Gasteiger partial charge in [-0.25, -0.2) is 0 Å². The minimum absolute atomic E-state index is 0.0341. The molecule has 2 bridgehead atoms. The number of rotatable bonds is 2. The Balaban J connectivity index is 1.41. The van der Waals surface area contributed by atoms with Gasteiger partial charge in [-0.3, -0.25) is 4.79 Å². The Morgan fingerprint density at radius 2 is 1.65 bits per heavy atom. The number of likely N-dealkylation sites (tertiary alicyclic amines) is 1. The van der Waals surface area contributed by atoms with Gasteiger partial charge in [-0.2, -0.15) is 13.2 Å². The van der Waals surface area contributed by atoms with Gasteiger partial charge < -0.3 is 4.90 Å². The summed E-state index contributed by atoms with van der Waals surface area (Å²) in [5.74, 6) is 0.642. The van der Waals surface area contributed by atoms with Crippen LogP contribution in [0.3, 0.4) is 0 Å². The van der Waals surface area contributed by atoms with Crippen molar-refractivity contribution in [1.29, 1.82) is 0 Å². The van der Waals surface area contributed by atoms with E-state index in [4.69, 9.17) is 0 Å². The maximum absolute atomic E-state index is 12.9. The second kappa shape index (κ2) is 3.72. The van der Waals surface area contributed by atoms with Crippen LogP contribution in [-0.2, 0) is 4.79 Å². The molecule has 0 radical (unpaired) electrons. The van der Waals surface area contributed by atoms with Crippen molar-refractivity contribution < 1.29 is 18.0 Å². The van der Waals surface area contributed by atoms with E-state index < -0.39 is 17.0 Å². The zero-order chi connectivity index (χ0) is 14.2. The number of carbonyl (C=O) groups excluding carboxylic acids is 1. The molecular formula is C15H20F3NO. The van der Waals surface area contributed by atoms with Crippen molar-refractivity contribution in [1.82, 2.24) is 4.90 Å². The van der Waals surface area contributed by atoms with Crippen LogP contribution in [0.5, 0.6) is 0 Å². The SMILES string of the molecule is O=C(N1CCC1C1CCCC1)C12CC(C(F)(F)F)(C1)C2. The molecule has 0 aromatic carbocycles. The lowest BCUT2D eigenvalue weighted by Gasteiger charge is -2.70. The largest absolute Gasteiger partial charge is 0.394 e. The Morgan fingerprint density at radius 3 is 2.10 bits per heavy atom. The van der Waals surface area contributed by atoms with Crippen molar-refractivity contribution in [3.8, 4) is 0 Å². The quantitative estimate of drug-likeness (QED) is 0.761. The standard InChI is InChI=1S/C15H20F3NO/c16-15(17,18)14-7-13(8-14,9-14)12(20)19-6-5-11(19)10-3-1-2-4-10/h10-11H,1-9H2. The third-order valence-corrected chi connectivity index (χ3v) is 6.36. The number of alkyl halides is 3. The van der Waals surface area contributed by atoms with Gasteiger partial charge in [0, 0.05) is 12.6 Å². The van der Waals surface area contributed by atoms with Crippen LogP contribution in [0.25, 0.3) is 0 Å². The third-order valence-electron chi connectivity index (χ3n) is 6.36. The highest BCUT2D eigenvalue weighted by Gasteiger charge is 2.81. The minimum atomic E-state index is -4.12. The van der Waals surface area contributed by atoms with Gasteiger partial charge in [0.15, 0.2) is 0 Å². The van der Waals surface area contributed by atoms with Gasteiger partial charge in [0.25, 0.3) is 0 Å².